The van der Waals surface area contributed by atoms with Crippen molar-refractivity contribution in [2.45, 2.75) is 13.8 Å². The fourth-order valence-electron chi connectivity index (χ4n) is 3.26. The molecular weight excluding hydrogens is 516 g/mol. The van der Waals surface area contributed by atoms with Gasteiger partial charge in [0, 0.05) is 0 Å². The maximum atomic E-state index is 12.4. The SMILES string of the molecule is Cc1ccc(C)c(N(CC(=O)N/N=C\c2ccc(OCC(=O)Nc3ccccc3Cl)cc2)S(C)(=O)=O)c1. The summed E-state index contributed by atoms with van der Waals surface area (Å²) in [5.74, 6) is -0.481. The smallest absolute Gasteiger partial charge is 0.262 e. The maximum Gasteiger partial charge on any atom is 0.262 e. The number of sulfonamides is 1. The Bertz CT molecular complexity index is 1410. The number of hydrogen-bond acceptors (Lipinski definition) is 6. The van der Waals surface area contributed by atoms with Gasteiger partial charge in [-0.15, -0.1) is 0 Å². The third kappa shape index (κ3) is 8.33. The standard InChI is InChI=1S/C26H27ClN4O5S/c1-18-8-9-19(2)24(14-18)31(37(3,34)35)16-25(32)30-28-15-20-10-12-21(13-11-20)36-17-26(33)29-23-7-5-4-6-22(23)27/h4-15H,16-17H2,1-3H3,(H,29,33)(H,30,32)/b28-15-. The normalized spacial score (nSPS) is 11.2. The van der Waals surface area contributed by atoms with Gasteiger partial charge in [-0.1, -0.05) is 35.9 Å². The summed E-state index contributed by atoms with van der Waals surface area (Å²) in [4.78, 5) is 24.5. The number of para-hydroxylation sites is 1. The lowest BCUT2D eigenvalue weighted by atomic mass is 10.1. The van der Waals surface area contributed by atoms with Crippen LogP contribution in [0.4, 0.5) is 11.4 Å². The number of hydrogen-bond donors (Lipinski definition) is 2. The molecule has 0 fully saturated rings. The first-order valence-corrected chi connectivity index (χ1v) is 13.4. The number of carbonyl (C=O) groups excluding carboxylic acids is 2. The van der Waals surface area contributed by atoms with Crippen molar-refractivity contribution in [1.29, 1.82) is 0 Å². The minimum absolute atomic E-state index is 0.202. The molecule has 0 radical (unpaired) electrons. The van der Waals surface area contributed by atoms with Crippen LogP contribution in [0, 0.1) is 13.8 Å². The number of nitrogens with one attached hydrogen (secondary N) is 2. The Labute approximate surface area is 221 Å². The largest absolute Gasteiger partial charge is 0.484 e. The molecule has 0 aliphatic rings. The molecule has 0 saturated carbocycles. The van der Waals surface area contributed by atoms with Crippen molar-refractivity contribution in [3.05, 3.63) is 88.4 Å². The molecule has 3 aromatic rings. The fourth-order valence-corrected chi connectivity index (χ4v) is 4.35. The van der Waals surface area contributed by atoms with Crippen LogP contribution >= 0.6 is 11.6 Å². The summed E-state index contributed by atoms with van der Waals surface area (Å²) < 4.78 is 31.2. The molecule has 0 heterocycles. The number of carbonyl (C=O) groups is 2. The lowest BCUT2D eigenvalue weighted by Crippen LogP contribution is -2.39. The molecular formula is C26H27ClN4O5S. The summed E-state index contributed by atoms with van der Waals surface area (Å²) in [6, 6.07) is 19.0. The summed E-state index contributed by atoms with van der Waals surface area (Å²) in [6.07, 6.45) is 2.46. The minimum Gasteiger partial charge on any atom is -0.484 e. The Balaban J connectivity index is 1.52. The Morgan fingerprint density at radius 3 is 2.41 bits per heavy atom. The van der Waals surface area contributed by atoms with Gasteiger partial charge >= 0.3 is 0 Å². The van der Waals surface area contributed by atoms with Gasteiger partial charge in [0.1, 0.15) is 12.3 Å². The Morgan fingerprint density at radius 2 is 1.73 bits per heavy atom. The molecule has 3 rings (SSSR count). The first kappa shape index (κ1) is 27.7. The second-order valence-corrected chi connectivity index (χ2v) is 10.6. The number of ether oxygens (including phenoxy) is 1. The highest BCUT2D eigenvalue weighted by Crippen LogP contribution is 2.24. The highest BCUT2D eigenvalue weighted by atomic mass is 35.5. The zero-order chi connectivity index (χ0) is 27.0. The van der Waals surface area contributed by atoms with E-state index in [1.54, 1.807) is 67.6 Å². The zero-order valence-electron chi connectivity index (χ0n) is 20.6. The van der Waals surface area contributed by atoms with E-state index in [-0.39, 0.29) is 12.5 Å². The first-order chi connectivity index (χ1) is 17.5. The van der Waals surface area contributed by atoms with Crippen LogP contribution in [0.2, 0.25) is 5.02 Å². The molecule has 194 valence electrons. The second kappa shape index (κ2) is 12.4. The van der Waals surface area contributed by atoms with Crippen molar-refractivity contribution >= 4 is 51.0 Å². The van der Waals surface area contributed by atoms with Crippen LogP contribution in [-0.4, -0.2) is 45.9 Å². The molecule has 0 aliphatic carbocycles. The first-order valence-electron chi connectivity index (χ1n) is 11.2. The van der Waals surface area contributed by atoms with Gasteiger partial charge in [-0.05, 0) is 73.0 Å². The number of nitrogens with zero attached hydrogens (tertiary/aromatic N) is 2. The molecule has 0 aromatic heterocycles. The van der Waals surface area contributed by atoms with E-state index in [0.29, 0.717) is 27.7 Å². The Hall–Kier alpha value is -3.89. The van der Waals surface area contributed by atoms with Gasteiger partial charge < -0.3 is 10.1 Å². The van der Waals surface area contributed by atoms with Crippen molar-refractivity contribution in [2.75, 3.05) is 29.0 Å². The predicted molar refractivity (Wildman–Crippen MR) is 146 cm³/mol. The van der Waals surface area contributed by atoms with Crippen molar-refractivity contribution in [3.8, 4) is 5.75 Å². The van der Waals surface area contributed by atoms with Crippen LogP contribution in [0.3, 0.4) is 0 Å². The zero-order valence-corrected chi connectivity index (χ0v) is 22.1. The molecule has 3 aromatic carbocycles. The summed E-state index contributed by atoms with van der Waals surface area (Å²) >= 11 is 6.03. The quantitative estimate of drug-likeness (QED) is 0.298. The monoisotopic (exact) mass is 542 g/mol. The minimum atomic E-state index is -3.69. The van der Waals surface area contributed by atoms with Crippen LogP contribution in [0.25, 0.3) is 0 Å². The number of amides is 2. The molecule has 2 N–H and O–H groups in total. The molecule has 0 spiro atoms. The van der Waals surface area contributed by atoms with Gasteiger partial charge in [-0.2, -0.15) is 5.10 Å². The van der Waals surface area contributed by atoms with E-state index >= 15 is 0 Å². The fraction of sp³-hybridized carbons (Fsp3) is 0.192. The third-order valence-corrected chi connectivity index (χ3v) is 6.58. The van der Waals surface area contributed by atoms with E-state index in [1.807, 2.05) is 13.0 Å². The van der Waals surface area contributed by atoms with Gasteiger partial charge in [0.05, 0.1) is 28.9 Å². The van der Waals surface area contributed by atoms with Crippen molar-refractivity contribution in [1.82, 2.24) is 5.43 Å². The number of benzene rings is 3. The Kier molecular flexibility index (Phi) is 9.26. The maximum absolute atomic E-state index is 12.4. The molecule has 37 heavy (non-hydrogen) atoms. The highest BCUT2D eigenvalue weighted by molar-refractivity contribution is 7.92. The van der Waals surface area contributed by atoms with Crippen molar-refractivity contribution < 1.29 is 22.7 Å². The molecule has 0 bridgehead atoms. The average molecular weight is 543 g/mol. The third-order valence-electron chi connectivity index (χ3n) is 5.12. The summed E-state index contributed by atoms with van der Waals surface area (Å²) in [5, 5.41) is 7.01. The molecule has 0 saturated heterocycles. The van der Waals surface area contributed by atoms with E-state index in [4.69, 9.17) is 16.3 Å². The van der Waals surface area contributed by atoms with Gasteiger partial charge in [-0.25, -0.2) is 13.8 Å². The van der Waals surface area contributed by atoms with E-state index in [1.165, 1.54) is 6.21 Å². The summed E-state index contributed by atoms with van der Waals surface area (Å²) in [5.41, 5.74) is 5.56. The summed E-state index contributed by atoms with van der Waals surface area (Å²) in [6.45, 7) is 3.01. The molecule has 0 unspecified atom stereocenters. The molecule has 9 nitrogen and oxygen atoms in total. The molecule has 11 heteroatoms. The topological polar surface area (TPSA) is 117 Å². The molecule has 2 amide bonds. The highest BCUT2D eigenvalue weighted by Gasteiger charge is 2.22. The van der Waals surface area contributed by atoms with Gasteiger partial charge in [0.2, 0.25) is 10.0 Å². The van der Waals surface area contributed by atoms with E-state index < -0.39 is 22.5 Å². The lowest BCUT2D eigenvalue weighted by molar-refractivity contribution is -0.119. The molecule has 0 atom stereocenters. The van der Waals surface area contributed by atoms with E-state index in [9.17, 15) is 18.0 Å². The average Bonchev–Trinajstić information content (AvgIpc) is 2.84. The van der Waals surface area contributed by atoms with Gasteiger partial charge in [0.15, 0.2) is 6.61 Å². The Morgan fingerprint density at radius 1 is 1.03 bits per heavy atom. The lowest BCUT2D eigenvalue weighted by Gasteiger charge is -2.23. The molecule has 0 aliphatic heterocycles. The van der Waals surface area contributed by atoms with Crippen LogP contribution in [0.1, 0.15) is 16.7 Å². The predicted octanol–water partition coefficient (Wildman–Crippen LogP) is 3.89. The second-order valence-electron chi connectivity index (χ2n) is 8.24. The van der Waals surface area contributed by atoms with Crippen molar-refractivity contribution in [3.63, 3.8) is 0 Å². The van der Waals surface area contributed by atoms with Crippen LogP contribution in [0.15, 0.2) is 71.8 Å². The summed E-state index contributed by atoms with van der Waals surface area (Å²) in [7, 11) is -3.69. The van der Waals surface area contributed by atoms with E-state index in [2.05, 4.69) is 15.8 Å². The van der Waals surface area contributed by atoms with Gasteiger partial charge in [-0.3, -0.25) is 13.9 Å². The number of anilines is 2. The number of halogens is 1. The van der Waals surface area contributed by atoms with E-state index in [0.717, 1.165) is 21.7 Å². The number of rotatable bonds is 10. The number of hydrazone groups is 1. The number of aryl methyl sites for hydroxylation is 2. The van der Waals surface area contributed by atoms with Crippen LogP contribution in [0.5, 0.6) is 5.75 Å². The van der Waals surface area contributed by atoms with Gasteiger partial charge in [0.25, 0.3) is 11.8 Å². The van der Waals surface area contributed by atoms with Crippen LogP contribution in [-0.2, 0) is 19.6 Å². The van der Waals surface area contributed by atoms with Crippen LogP contribution < -0.4 is 19.8 Å². The van der Waals surface area contributed by atoms with Crippen molar-refractivity contribution in [2.24, 2.45) is 5.10 Å².